The van der Waals surface area contributed by atoms with Crippen LogP contribution in [0.4, 0.5) is 0 Å². The minimum absolute atomic E-state index is 0.0168. The average Bonchev–Trinajstić information content (AvgIpc) is 3.03. The number of hydrogen-bond donors (Lipinski definition) is 1. The number of aryl methyl sites for hydroxylation is 1. The van der Waals surface area contributed by atoms with E-state index in [1.54, 1.807) is 6.20 Å². The van der Waals surface area contributed by atoms with Crippen molar-refractivity contribution in [2.75, 3.05) is 0 Å². The van der Waals surface area contributed by atoms with E-state index < -0.39 is 0 Å². The van der Waals surface area contributed by atoms with Gasteiger partial charge in [-0.05, 0) is 23.3 Å². The van der Waals surface area contributed by atoms with Gasteiger partial charge in [0.1, 0.15) is 5.82 Å². The molecule has 0 aliphatic rings. The Morgan fingerprint density at radius 2 is 1.92 bits per heavy atom. The van der Waals surface area contributed by atoms with E-state index in [0.717, 1.165) is 17.0 Å². The maximum absolute atomic E-state index is 12.5. The van der Waals surface area contributed by atoms with E-state index in [1.807, 2.05) is 72.4 Å². The van der Waals surface area contributed by atoms with Crippen LogP contribution in [0.3, 0.4) is 0 Å². The molecule has 25 heavy (non-hydrogen) atoms. The van der Waals surface area contributed by atoms with Gasteiger partial charge in [-0.25, -0.2) is 4.98 Å². The van der Waals surface area contributed by atoms with Crippen LogP contribution in [0.1, 0.15) is 29.3 Å². The van der Waals surface area contributed by atoms with E-state index in [2.05, 4.69) is 10.3 Å². The Kier molecular flexibility index (Phi) is 5.51. The fraction of sp³-hybridized carbons (Fsp3) is 0.200. The van der Waals surface area contributed by atoms with E-state index in [-0.39, 0.29) is 11.8 Å². The first-order valence-corrected chi connectivity index (χ1v) is 8.54. The lowest BCUT2D eigenvalue weighted by Gasteiger charge is -2.18. The fourth-order valence-electron chi connectivity index (χ4n) is 2.84. The highest BCUT2D eigenvalue weighted by molar-refractivity contribution is 6.30. The zero-order valence-electron chi connectivity index (χ0n) is 14.0. The molecule has 0 radical (unpaired) electrons. The van der Waals surface area contributed by atoms with E-state index in [4.69, 9.17) is 11.6 Å². The predicted molar refractivity (Wildman–Crippen MR) is 99.4 cm³/mol. The van der Waals surface area contributed by atoms with Gasteiger partial charge < -0.3 is 9.88 Å². The van der Waals surface area contributed by atoms with Crippen LogP contribution in [0, 0.1) is 0 Å². The van der Waals surface area contributed by atoms with Gasteiger partial charge >= 0.3 is 0 Å². The number of imidazole rings is 1. The molecule has 2 aromatic carbocycles. The van der Waals surface area contributed by atoms with Gasteiger partial charge in [-0.3, -0.25) is 4.79 Å². The Hall–Kier alpha value is -2.59. The van der Waals surface area contributed by atoms with Crippen molar-refractivity contribution in [3.05, 3.63) is 89.0 Å². The van der Waals surface area contributed by atoms with Gasteiger partial charge in [-0.2, -0.15) is 0 Å². The molecule has 3 aromatic rings. The van der Waals surface area contributed by atoms with Crippen LogP contribution in [0.15, 0.2) is 67.0 Å². The van der Waals surface area contributed by atoms with Crippen molar-refractivity contribution < 1.29 is 4.79 Å². The lowest BCUT2D eigenvalue weighted by atomic mass is 9.88. The number of aromatic nitrogens is 2. The highest BCUT2D eigenvalue weighted by Crippen LogP contribution is 2.29. The molecule has 5 heteroatoms. The number of rotatable bonds is 6. The third-order valence-corrected chi connectivity index (χ3v) is 4.44. The van der Waals surface area contributed by atoms with Gasteiger partial charge in [-0.15, -0.1) is 0 Å². The lowest BCUT2D eigenvalue weighted by Crippen LogP contribution is -2.26. The van der Waals surface area contributed by atoms with Crippen LogP contribution in [0.2, 0.25) is 5.02 Å². The zero-order valence-corrected chi connectivity index (χ0v) is 14.8. The second-order valence-corrected chi connectivity index (χ2v) is 6.39. The summed E-state index contributed by atoms with van der Waals surface area (Å²) >= 11 is 6.15. The summed E-state index contributed by atoms with van der Waals surface area (Å²) in [7, 11) is 1.91. The van der Waals surface area contributed by atoms with E-state index in [0.29, 0.717) is 18.0 Å². The van der Waals surface area contributed by atoms with E-state index in [1.165, 1.54) is 0 Å². The maximum atomic E-state index is 12.5. The number of nitrogens with zero attached hydrogens (tertiary/aromatic N) is 2. The molecular weight excluding hydrogens is 334 g/mol. The monoisotopic (exact) mass is 353 g/mol. The van der Waals surface area contributed by atoms with E-state index in [9.17, 15) is 4.79 Å². The summed E-state index contributed by atoms with van der Waals surface area (Å²) in [5, 5.41) is 3.63. The summed E-state index contributed by atoms with van der Waals surface area (Å²) in [4.78, 5) is 16.7. The topological polar surface area (TPSA) is 46.9 Å². The number of benzene rings is 2. The molecule has 0 aliphatic carbocycles. The van der Waals surface area contributed by atoms with Crippen LogP contribution in [-0.4, -0.2) is 15.5 Å². The molecule has 1 amide bonds. The Morgan fingerprint density at radius 3 is 2.60 bits per heavy atom. The van der Waals surface area contributed by atoms with Crippen molar-refractivity contribution in [1.82, 2.24) is 14.9 Å². The number of amides is 1. The molecule has 1 heterocycles. The first kappa shape index (κ1) is 17.2. The Balaban J connectivity index is 1.76. The van der Waals surface area contributed by atoms with Crippen molar-refractivity contribution in [1.29, 1.82) is 0 Å². The predicted octanol–water partition coefficient (Wildman–Crippen LogP) is 3.91. The van der Waals surface area contributed by atoms with Crippen LogP contribution >= 0.6 is 11.6 Å². The summed E-state index contributed by atoms with van der Waals surface area (Å²) in [6.07, 6.45) is 3.94. The minimum atomic E-state index is -0.0405. The van der Waals surface area contributed by atoms with Crippen molar-refractivity contribution in [3.8, 4) is 0 Å². The molecule has 0 fully saturated rings. The van der Waals surface area contributed by atoms with Gasteiger partial charge in [0.15, 0.2) is 0 Å². The van der Waals surface area contributed by atoms with Crippen LogP contribution in [0.5, 0.6) is 0 Å². The SMILES string of the molecule is Cn1ccnc1CNC(=O)C[C@@H](c1ccccc1)c1cccc(Cl)c1. The first-order chi connectivity index (χ1) is 12.1. The smallest absolute Gasteiger partial charge is 0.221 e. The van der Waals surface area contributed by atoms with Crippen LogP contribution in [-0.2, 0) is 18.4 Å². The minimum Gasteiger partial charge on any atom is -0.349 e. The number of nitrogens with one attached hydrogen (secondary N) is 1. The van der Waals surface area contributed by atoms with Gasteiger partial charge in [-0.1, -0.05) is 54.1 Å². The highest BCUT2D eigenvalue weighted by atomic mass is 35.5. The summed E-state index contributed by atoms with van der Waals surface area (Å²) in [6.45, 7) is 0.416. The Labute approximate surface area is 152 Å². The largest absolute Gasteiger partial charge is 0.349 e. The molecule has 0 spiro atoms. The number of halogens is 1. The second kappa shape index (κ2) is 7.99. The number of carbonyl (C=O) groups is 1. The molecule has 1 N–H and O–H groups in total. The zero-order chi connectivity index (χ0) is 17.6. The van der Waals surface area contributed by atoms with Gasteiger partial charge in [0.05, 0.1) is 6.54 Å². The molecule has 1 aromatic heterocycles. The Bertz CT molecular complexity index is 845. The van der Waals surface area contributed by atoms with Gasteiger partial charge in [0.2, 0.25) is 5.91 Å². The molecule has 128 valence electrons. The maximum Gasteiger partial charge on any atom is 0.221 e. The van der Waals surface area contributed by atoms with Gasteiger partial charge in [0.25, 0.3) is 0 Å². The number of carbonyl (C=O) groups excluding carboxylic acids is 1. The Morgan fingerprint density at radius 1 is 1.16 bits per heavy atom. The standard InChI is InChI=1S/C20H20ClN3O/c1-24-11-10-22-19(24)14-23-20(25)13-18(15-6-3-2-4-7-15)16-8-5-9-17(21)12-16/h2-12,18H,13-14H2,1H3,(H,23,25)/t18-/m0/s1. The summed E-state index contributed by atoms with van der Waals surface area (Å²) in [5.74, 6) is 0.769. The fourth-order valence-corrected chi connectivity index (χ4v) is 3.04. The quantitative estimate of drug-likeness (QED) is 0.730. The molecular formula is C20H20ClN3O. The van der Waals surface area contributed by atoms with Crippen molar-refractivity contribution >= 4 is 17.5 Å². The van der Waals surface area contributed by atoms with E-state index >= 15 is 0 Å². The second-order valence-electron chi connectivity index (χ2n) is 5.95. The molecule has 4 nitrogen and oxygen atoms in total. The molecule has 0 unspecified atom stereocenters. The number of hydrogen-bond acceptors (Lipinski definition) is 2. The molecule has 3 rings (SSSR count). The van der Waals surface area contributed by atoms with Crippen molar-refractivity contribution in [2.45, 2.75) is 18.9 Å². The highest BCUT2D eigenvalue weighted by Gasteiger charge is 2.18. The van der Waals surface area contributed by atoms with Crippen LogP contribution in [0.25, 0.3) is 0 Å². The first-order valence-electron chi connectivity index (χ1n) is 8.17. The van der Waals surface area contributed by atoms with Gasteiger partial charge in [0, 0.05) is 36.8 Å². The van der Waals surface area contributed by atoms with Crippen molar-refractivity contribution in [3.63, 3.8) is 0 Å². The summed E-state index contributed by atoms with van der Waals surface area (Å²) in [5.41, 5.74) is 2.13. The lowest BCUT2D eigenvalue weighted by molar-refractivity contribution is -0.121. The molecule has 0 saturated carbocycles. The molecule has 0 bridgehead atoms. The molecule has 0 saturated heterocycles. The average molecular weight is 354 g/mol. The third kappa shape index (κ3) is 4.48. The van der Waals surface area contributed by atoms with Crippen LogP contribution < -0.4 is 5.32 Å². The van der Waals surface area contributed by atoms with Crippen molar-refractivity contribution in [2.24, 2.45) is 7.05 Å². The molecule has 0 aliphatic heterocycles. The normalized spacial score (nSPS) is 11.9. The molecule has 1 atom stereocenters. The summed E-state index contributed by atoms with van der Waals surface area (Å²) < 4.78 is 1.89. The third-order valence-electron chi connectivity index (χ3n) is 4.21. The summed E-state index contributed by atoms with van der Waals surface area (Å²) in [6, 6.07) is 17.7.